The number of anilines is 2. The molecular formula is C22H28N4O3. The predicted octanol–water partition coefficient (Wildman–Crippen LogP) is 3.67. The van der Waals surface area contributed by atoms with Crippen molar-refractivity contribution < 1.29 is 9.72 Å². The van der Waals surface area contributed by atoms with E-state index >= 15 is 0 Å². The van der Waals surface area contributed by atoms with Gasteiger partial charge in [0.05, 0.1) is 11.0 Å². The van der Waals surface area contributed by atoms with Crippen LogP contribution in [0.4, 0.5) is 17.1 Å². The van der Waals surface area contributed by atoms with E-state index in [0.29, 0.717) is 11.3 Å². The maximum Gasteiger partial charge on any atom is 0.269 e. The van der Waals surface area contributed by atoms with Crippen molar-refractivity contribution in [3.63, 3.8) is 0 Å². The van der Waals surface area contributed by atoms with Crippen molar-refractivity contribution in [3.05, 3.63) is 63.2 Å². The van der Waals surface area contributed by atoms with Crippen LogP contribution in [0.3, 0.4) is 0 Å². The summed E-state index contributed by atoms with van der Waals surface area (Å²) in [7, 11) is 0. The number of amides is 1. The number of carbonyl (C=O) groups excluding carboxylic acids is 1. The molecule has 7 nitrogen and oxygen atoms in total. The fourth-order valence-corrected chi connectivity index (χ4v) is 3.73. The average molecular weight is 396 g/mol. The van der Waals surface area contributed by atoms with E-state index in [1.54, 1.807) is 13.0 Å². The van der Waals surface area contributed by atoms with Crippen molar-refractivity contribution in [2.24, 2.45) is 0 Å². The molecule has 1 amide bonds. The summed E-state index contributed by atoms with van der Waals surface area (Å²) in [4.78, 5) is 27.7. The Morgan fingerprint density at radius 3 is 2.38 bits per heavy atom. The molecule has 0 radical (unpaired) electrons. The van der Waals surface area contributed by atoms with Crippen molar-refractivity contribution in [1.29, 1.82) is 0 Å². The molecule has 29 heavy (non-hydrogen) atoms. The number of piperazine rings is 1. The zero-order chi connectivity index (χ0) is 21.1. The molecule has 2 aromatic carbocycles. The predicted molar refractivity (Wildman–Crippen MR) is 116 cm³/mol. The van der Waals surface area contributed by atoms with Gasteiger partial charge < -0.3 is 10.2 Å². The largest absolute Gasteiger partial charge is 0.369 e. The third kappa shape index (κ3) is 4.56. The molecular weight excluding hydrogens is 368 g/mol. The van der Waals surface area contributed by atoms with E-state index in [2.05, 4.69) is 47.2 Å². The third-order valence-electron chi connectivity index (χ3n) is 5.84. The van der Waals surface area contributed by atoms with Crippen molar-refractivity contribution in [1.82, 2.24) is 4.90 Å². The van der Waals surface area contributed by atoms with Crippen LogP contribution in [0.5, 0.6) is 0 Å². The number of hydrogen-bond donors (Lipinski definition) is 1. The van der Waals surface area contributed by atoms with E-state index in [0.717, 1.165) is 26.2 Å². The molecule has 1 fully saturated rings. The summed E-state index contributed by atoms with van der Waals surface area (Å²) in [5, 5.41) is 13.8. The fourth-order valence-electron chi connectivity index (χ4n) is 3.73. The van der Waals surface area contributed by atoms with Crippen LogP contribution in [0.15, 0.2) is 36.4 Å². The summed E-state index contributed by atoms with van der Waals surface area (Å²) >= 11 is 0. The molecule has 0 bridgehead atoms. The first kappa shape index (κ1) is 20.8. The summed E-state index contributed by atoms with van der Waals surface area (Å²) in [5.41, 5.74) is 5.18. The number of nitrogens with one attached hydrogen (secondary N) is 1. The van der Waals surface area contributed by atoms with Crippen LogP contribution in [-0.4, -0.2) is 48.0 Å². The smallest absolute Gasteiger partial charge is 0.269 e. The Labute approximate surface area is 171 Å². The lowest BCUT2D eigenvalue weighted by Gasteiger charge is -2.39. The normalized spacial score (nSPS) is 15.8. The number of nitro groups is 1. The first-order valence-corrected chi connectivity index (χ1v) is 9.89. The molecule has 0 aromatic heterocycles. The highest BCUT2D eigenvalue weighted by molar-refractivity contribution is 5.95. The maximum atomic E-state index is 12.7. The van der Waals surface area contributed by atoms with E-state index in [-0.39, 0.29) is 17.6 Å². The van der Waals surface area contributed by atoms with Crippen molar-refractivity contribution in [3.8, 4) is 0 Å². The second-order valence-corrected chi connectivity index (χ2v) is 7.66. The lowest BCUT2D eigenvalue weighted by molar-refractivity contribution is -0.384. The molecule has 0 unspecified atom stereocenters. The molecule has 154 valence electrons. The molecule has 1 atom stereocenters. The first-order chi connectivity index (χ1) is 13.8. The third-order valence-corrected chi connectivity index (χ3v) is 5.84. The van der Waals surface area contributed by atoms with Crippen LogP contribution in [-0.2, 0) is 4.79 Å². The van der Waals surface area contributed by atoms with Crippen LogP contribution in [0.1, 0.15) is 23.6 Å². The molecule has 2 aromatic rings. The standard InChI is InChI=1S/C22H28N4O3/c1-15-6-5-7-21(17(15)3)25-12-10-24(11-13-25)18(4)22(27)23-20-9-8-19(26(28)29)14-16(20)2/h5-9,14,18H,10-13H2,1-4H3,(H,23,27)/t18-/m0/s1. The SMILES string of the molecule is Cc1cc([N+](=O)[O-])ccc1NC(=O)[C@H](C)N1CCN(c2cccc(C)c2C)CC1. The summed E-state index contributed by atoms with van der Waals surface area (Å²) < 4.78 is 0. The van der Waals surface area contributed by atoms with Crippen LogP contribution in [0.2, 0.25) is 0 Å². The van der Waals surface area contributed by atoms with Crippen LogP contribution in [0, 0.1) is 30.9 Å². The van der Waals surface area contributed by atoms with Gasteiger partial charge in [-0.1, -0.05) is 12.1 Å². The molecule has 0 aliphatic carbocycles. The molecule has 7 heteroatoms. The van der Waals surface area contributed by atoms with Gasteiger partial charge in [-0.3, -0.25) is 19.8 Å². The number of hydrogen-bond acceptors (Lipinski definition) is 5. The minimum absolute atomic E-state index is 0.0242. The minimum atomic E-state index is -0.434. The molecule has 1 aliphatic heterocycles. The second-order valence-electron chi connectivity index (χ2n) is 7.66. The molecule has 1 heterocycles. The van der Waals surface area contributed by atoms with Gasteiger partial charge in [0.2, 0.25) is 5.91 Å². The number of aryl methyl sites for hydroxylation is 2. The van der Waals surface area contributed by atoms with Gasteiger partial charge in [0.15, 0.2) is 0 Å². The van der Waals surface area contributed by atoms with Crippen LogP contribution in [0.25, 0.3) is 0 Å². The average Bonchev–Trinajstić information content (AvgIpc) is 2.71. The van der Waals surface area contributed by atoms with Gasteiger partial charge in [0.1, 0.15) is 0 Å². The number of nitrogens with zero attached hydrogens (tertiary/aromatic N) is 3. The lowest BCUT2D eigenvalue weighted by Crippen LogP contribution is -2.53. The second kappa shape index (κ2) is 8.61. The number of carbonyl (C=O) groups is 1. The zero-order valence-electron chi connectivity index (χ0n) is 17.4. The van der Waals surface area contributed by atoms with Gasteiger partial charge in [0, 0.05) is 49.7 Å². The van der Waals surface area contributed by atoms with Crippen LogP contribution < -0.4 is 10.2 Å². The number of nitro benzene ring substituents is 1. The highest BCUT2D eigenvalue weighted by Gasteiger charge is 2.26. The Kier molecular flexibility index (Phi) is 6.17. The molecule has 1 aliphatic rings. The summed E-state index contributed by atoms with van der Waals surface area (Å²) in [6.07, 6.45) is 0. The van der Waals surface area contributed by atoms with Gasteiger partial charge in [-0.2, -0.15) is 0 Å². The Balaban J connectivity index is 1.60. The number of benzene rings is 2. The topological polar surface area (TPSA) is 78.7 Å². The Morgan fingerprint density at radius 2 is 1.76 bits per heavy atom. The summed E-state index contributed by atoms with van der Waals surface area (Å²) in [5.74, 6) is -0.0952. The molecule has 0 saturated carbocycles. The minimum Gasteiger partial charge on any atom is -0.369 e. The molecule has 1 saturated heterocycles. The van der Waals surface area contributed by atoms with E-state index in [4.69, 9.17) is 0 Å². The number of non-ortho nitro benzene ring substituents is 1. The molecule has 1 N–H and O–H groups in total. The van der Waals surface area contributed by atoms with Crippen LogP contribution >= 0.6 is 0 Å². The Morgan fingerprint density at radius 1 is 1.07 bits per heavy atom. The van der Waals surface area contributed by atoms with Gasteiger partial charge in [-0.25, -0.2) is 0 Å². The van der Waals surface area contributed by atoms with Gasteiger partial charge in [-0.15, -0.1) is 0 Å². The number of rotatable bonds is 5. The summed E-state index contributed by atoms with van der Waals surface area (Å²) in [6, 6.07) is 10.6. The molecule has 0 spiro atoms. The van der Waals surface area contributed by atoms with Gasteiger partial charge in [0.25, 0.3) is 5.69 Å². The van der Waals surface area contributed by atoms with Gasteiger partial charge >= 0.3 is 0 Å². The van der Waals surface area contributed by atoms with Gasteiger partial charge in [-0.05, 0) is 56.5 Å². The van der Waals surface area contributed by atoms with E-state index in [1.165, 1.54) is 28.9 Å². The fraction of sp³-hybridized carbons (Fsp3) is 0.409. The van der Waals surface area contributed by atoms with E-state index in [1.807, 2.05) is 6.92 Å². The Bertz CT molecular complexity index is 920. The Hall–Kier alpha value is -2.93. The molecule has 3 rings (SSSR count). The van der Waals surface area contributed by atoms with E-state index in [9.17, 15) is 14.9 Å². The quantitative estimate of drug-likeness (QED) is 0.616. The highest BCUT2D eigenvalue weighted by Crippen LogP contribution is 2.25. The lowest BCUT2D eigenvalue weighted by atomic mass is 10.1. The van der Waals surface area contributed by atoms with Crippen molar-refractivity contribution in [2.45, 2.75) is 33.7 Å². The summed E-state index contributed by atoms with van der Waals surface area (Å²) in [6.45, 7) is 11.3. The zero-order valence-corrected chi connectivity index (χ0v) is 17.4. The maximum absolute atomic E-state index is 12.7. The highest BCUT2D eigenvalue weighted by atomic mass is 16.6. The van der Waals surface area contributed by atoms with E-state index < -0.39 is 4.92 Å². The monoisotopic (exact) mass is 396 g/mol. The van der Waals surface area contributed by atoms with Crippen molar-refractivity contribution in [2.75, 3.05) is 36.4 Å². The van der Waals surface area contributed by atoms with Crippen molar-refractivity contribution >= 4 is 23.0 Å². The first-order valence-electron chi connectivity index (χ1n) is 9.89.